The van der Waals surface area contributed by atoms with E-state index in [2.05, 4.69) is 70.3 Å². The van der Waals surface area contributed by atoms with Gasteiger partial charge in [0.25, 0.3) is 5.91 Å². The zero-order valence-corrected chi connectivity index (χ0v) is 28.6. The van der Waals surface area contributed by atoms with Crippen molar-refractivity contribution in [2.45, 2.75) is 125 Å². The number of urea groups is 1. The van der Waals surface area contributed by atoms with Gasteiger partial charge in [-0.2, -0.15) is 0 Å². The Morgan fingerprint density at radius 1 is 0.956 bits per heavy atom. The number of esters is 1. The van der Waals surface area contributed by atoms with Crippen molar-refractivity contribution in [1.82, 2.24) is 10.6 Å². The first kappa shape index (κ1) is 32.2. The van der Waals surface area contributed by atoms with Crippen LogP contribution in [0.25, 0.3) is 0 Å². The van der Waals surface area contributed by atoms with Gasteiger partial charge in [-0.05, 0) is 104 Å². The lowest BCUT2D eigenvalue weighted by Gasteiger charge is -2.70. The predicted octanol–water partition coefficient (Wildman–Crippen LogP) is 6.46. The van der Waals surface area contributed by atoms with Crippen LogP contribution in [-0.2, 0) is 24.0 Å². The number of hydrogen-bond acceptors (Lipinski definition) is 7. The van der Waals surface area contributed by atoms with E-state index in [1.165, 1.54) is 5.57 Å². The molecule has 1 saturated heterocycles. The van der Waals surface area contributed by atoms with Crippen LogP contribution in [-0.4, -0.2) is 42.7 Å². The number of amides is 3. The molecule has 248 valence electrons. The van der Waals surface area contributed by atoms with E-state index >= 15 is 0 Å². The third-order valence-electron chi connectivity index (χ3n) is 14.5. The third kappa shape index (κ3) is 4.63. The Morgan fingerprint density at radius 3 is 2.33 bits per heavy atom. The number of hydrogen-bond donors (Lipinski definition) is 2. The maximum Gasteiger partial charge on any atom is 0.337 e. The molecule has 9 nitrogen and oxygen atoms in total. The highest BCUT2D eigenvalue weighted by atomic mass is 16.7. The molecule has 9 heteroatoms. The van der Waals surface area contributed by atoms with Crippen LogP contribution in [0.15, 0.2) is 16.8 Å². The van der Waals surface area contributed by atoms with E-state index in [4.69, 9.17) is 9.57 Å². The maximum atomic E-state index is 13.5. The molecule has 45 heavy (non-hydrogen) atoms. The summed E-state index contributed by atoms with van der Waals surface area (Å²) in [6, 6.07) is -1.52. The fraction of sp³-hybridized carbons (Fsp3) is 0.806. The van der Waals surface area contributed by atoms with E-state index in [0.29, 0.717) is 11.8 Å². The van der Waals surface area contributed by atoms with Crippen molar-refractivity contribution in [3.63, 3.8) is 0 Å². The molecule has 0 aromatic carbocycles. The van der Waals surface area contributed by atoms with E-state index in [0.717, 1.165) is 69.9 Å². The van der Waals surface area contributed by atoms with Crippen molar-refractivity contribution in [1.29, 1.82) is 0 Å². The molecule has 5 aliphatic carbocycles. The molecule has 0 spiro atoms. The van der Waals surface area contributed by atoms with Gasteiger partial charge in [0.15, 0.2) is 0 Å². The lowest BCUT2D eigenvalue weighted by molar-refractivity contribution is -0.181. The lowest BCUT2D eigenvalue weighted by atomic mass is 9.33. The van der Waals surface area contributed by atoms with Gasteiger partial charge in [0, 0.05) is 5.41 Å². The van der Waals surface area contributed by atoms with E-state index in [9.17, 15) is 19.2 Å². The molecular formula is C36H53N3O6. The van der Waals surface area contributed by atoms with E-state index < -0.39 is 29.4 Å². The number of methoxy groups -OCH3 is 1. The van der Waals surface area contributed by atoms with Crippen LogP contribution < -0.4 is 10.6 Å². The molecule has 8 atom stereocenters. The Hall–Kier alpha value is -2.71. The number of nitrogens with zero attached hydrogens (tertiary/aromatic N) is 1. The minimum Gasteiger partial charge on any atom is -0.469 e. The number of rotatable bonds is 4. The van der Waals surface area contributed by atoms with Gasteiger partial charge in [0.1, 0.15) is 6.04 Å². The molecule has 2 N–H and O–H groups in total. The highest BCUT2D eigenvalue weighted by molar-refractivity contribution is 6.05. The van der Waals surface area contributed by atoms with Gasteiger partial charge in [-0.3, -0.25) is 14.9 Å². The first-order chi connectivity index (χ1) is 20.9. The van der Waals surface area contributed by atoms with Crippen LogP contribution in [0.4, 0.5) is 4.79 Å². The van der Waals surface area contributed by atoms with Gasteiger partial charge >= 0.3 is 18.0 Å². The molecule has 0 unspecified atom stereocenters. The summed E-state index contributed by atoms with van der Waals surface area (Å²) in [5, 5.41) is 8.98. The highest BCUT2D eigenvalue weighted by Crippen LogP contribution is 2.75. The number of nitrogens with one attached hydrogen (secondary N) is 2. The minimum atomic E-state index is -0.924. The number of fused-ring (bicyclic) bond motifs is 7. The molecular weight excluding hydrogens is 570 g/mol. The van der Waals surface area contributed by atoms with Crippen LogP contribution in [0.2, 0.25) is 0 Å². The van der Waals surface area contributed by atoms with Crippen molar-refractivity contribution in [2.24, 2.45) is 55.4 Å². The number of allylic oxidation sites excluding steroid dienone is 2. The number of ether oxygens (including phenoxy) is 1. The van der Waals surface area contributed by atoms with Crippen molar-refractivity contribution in [2.75, 3.05) is 7.11 Å². The Kier molecular flexibility index (Phi) is 7.45. The zero-order chi connectivity index (χ0) is 32.8. The highest BCUT2D eigenvalue weighted by Gasteiger charge is 2.69. The largest absolute Gasteiger partial charge is 0.469 e. The molecule has 3 amide bonds. The number of imide groups is 1. The average molecular weight is 624 g/mol. The predicted molar refractivity (Wildman–Crippen MR) is 170 cm³/mol. The molecule has 0 aromatic rings. The van der Waals surface area contributed by atoms with Crippen LogP contribution >= 0.6 is 0 Å². The lowest BCUT2D eigenvalue weighted by Crippen LogP contribution is -2.64. The van der Waals surface area contributed by atoms with Crippen molar-refractivity contribution >= 4 is 29.6 Å². The summed E-state index contributed by atoms with van der Waals surface area (Å²) in [5.41, 5.74) is 2.17. The molecule has 0 aromatic heterocycles. The van der Waals surface area contributed by atoms with Crippen LogP contribution in [0, 0.1) is 50.2 Å². The summed E-state index contributed by atoms with van der Waals surface area (Å²) >= 11 is 0. The summed E-state index contributed by atoms with van der Waals surface area (Å²) in [6.07, 6.45) is 12.2. The normalized spacial score (nSPS) is 43.8. The Labute approximate surface area is 268 Å². The van der Waals surface area contributed by atoms with Gasteiger partial charge in [0.2, 0.25) is 0 Å². The number of oxime groups is 1. The van der Waals surface area contributed by atoms with Crippen molar-refractivity contribution in [3.8, 4) is 0 Å². The fourth-order valence-corrected chi connectivity index (χ4v) is 11.7. The first-order valence-electron chi connectivity index (χ1n) is 17.1. The molecule has 6 rings (SSSR count). The third-order valence-corrected chi connectivity index (χ3v) is 14.5. The van der Waals surface area contributed by atoms with E-state index in [1.807, 2.05) is 0 Å². The SMILES string of the molecule is COC(=O)[C@]12CCC(C)(C)C[C@@H]1C1=CC[C@@H]3[C@@]4(C)CC/C(=N/OC(=O)C[C@@H]5NC(=O)NC5=O)C(C)(C)[C@H]4CC[C@@]3(C)[C@]1(C)CC2. The fourth-order valence-electron chi connectivity index (χ4n) is 11.7. The molecule has 4 saturated carbocycles. The van der Waals surface area contributed by atoms with Crippen molar-refractivity contribution < 1.29 is 28.8 Å². The monoisotopic (exact) mass is 623 g/mol. The Balaban J connectivity index is 1.26. The molecule has 0 radical (unpaired) electrons. The topological polar surface area (TPSA) is 123 Å². The Morgan fingerprint density at radius 2 is 1.67 bits per heavy atom. The standard InChI is InChI=1S/C36H53N3O6/c1-31(2)15-17-36(29(42)44-8)18-16-34(6)21(22(36)20-31)9-10-25-33(5)13-12-26(32(3,4)24(33)11-14-35(25,34)7)39-45-27(40)19-23-28(41)38-30(43)37-23/h9,22-25H,10-20H2,1-8H3,(H2,37,38,41,43)/b39-26-/t22-,23+,24-,25-,33+,34-,35-,36+/m1/s1. The molecule has 0 bridgehead atoms. The van der Waals surface area contributed by atoms with Crippen LogP contribution in [0.5, 0.6) is 0 Å². The van der Waals surface area contributed by atoms with Gasteiger partial charge in [0.05, 0.1) is 24.7 Å². The number of carbonyl (C=O) groups excluding carboxylic acids is 4. The number of carbonyl (C=O) groups is 4. The zero-order valence-electron chi connectivity index (χ0n) is 28.6. The minimum absolute atomic E-state index is 0.00768. The summed E-state index contributed by atoms with van der Waals surface area (Å²) in [7, 11) is 1.56. The second kappa shape index (κ2) is 10.4. The summed E-state index contributed by atoms with van der Waals surface area (Å²) in [5.74, 6) is -0.0635. The van der Waals surface area contributed by atoms with Gasteiger partial charge in [-0.15, -0.1) is 0 Å². The van der Waals surface area contributed by atoms with E-state index in [1.54, 1.807) is 7.11 Å². The first-order valence-corrected chi connectivity index (χ1v) is 17.1. The molecule has 1 aliphatic heterocycles. The molecule has 6 aliphatic rings. The maximum absolute atomic E-state index is 13.5. The van der Waals surface area contributed by atoms with Gasteiger partial charge < -0.3 is 14.9 Å². The smallest absolute Gasteiger partial charge is 0.337 e. The Bertz CT molecular complexity index is 1380. The quantitative estimate of drug-likeness (QED) is 0.122. The second-order valence-electron chi connectivity index (χ2n) is 17.3. The van der Waals surface area contributed by atoms with Crippen molar-refractivity contribution in [3.05, 3.63) is 11.6 Å². The summed E-state index contributed by atoms with van der Waals surface area (Å²) in [4.78, 5) is 54.7. The van der Waals surface area contributed by atoms with Gasteiger partial charge in [-0.1, -0.05) is 65.3 Å². The van der Waals surface area contributed by atoms with Crippen LogP contribution in [0.1, 0.15) is 119 Å². The second-order valence-corrected chi connectivity index (χ2v) is 17.3. The molecule has 5 fully saturated rings. The molecule has 1 heterocycles. The average Bonchev–Trinajstić information content (AvgIpc) is 3.27. The van der Waals surface area contributed by atoms with E-state index in [-0.39, 0.29) is 45.4 Å². The summed E-state index contributed by atoms with van der Waals surface area (Å²) < 4.78 is 5.52. The van der Waals surface area contributed by atoms with Gasteiger partial charge in [-0.25, -0.2) is 9.59 Å². The summed E-state index contributed by atoms with van der Waals surface area (Å²) in [6.45, 7) is 16.8. The van der Waals surface area contributed by atoms with Crippen LogP contribution in [0.3, 0.4) is 0 Å².